The maximum atomic E-state index is 12.7. The molecule has 0 aliphatic heterocycles. The lowest BCUT2D eigenvalue weighted by Crippen LogP contribution is -2.29. The molecule has 162 valence electrons. The van der Waals surface area contributed by atoms with Gasteiger partial charge in [-0.15, -0.1) is 0 Å². The standard InChI is InChI=1S/C22H19N5O5/c1-13-10-19(32-26-13)17-11-21(30)27(25-22(17)18-4-3-9-31-18)12-20(29)24-16-7-5-15(6-8-16)23-14(2)28/h3-11H,12H2,1-2H3,(H,23,28)(H,24,29). The van der Waals surface area contributed by atoms with Crippen molar-refractivity contribution in [1.29, 1.82) is 0 Å². The molecule has 0 atom stereocenters. The SMILES string of the molecule is CC(=O)Nc1ccc(NC(=O)Cn2nc(-c3ccco3)c(-c3cc(C)no3)cc2=O)cc1. The average molecular weight is 433 g/mol. The van der Waals surface area contributed by atoms with Crippen molar-refractivity contribution in [2.45, 2.75) is 20.4 Å². The molecule has 32 heavy (non-hydrogen) atoms. The highest BCUT2D eigenvalue weighted by Gasteiger charge is 2.19. The van der Waals surface area contributed by atoms with Crippen LogP contribution in [0.2, 0.25) is 0 Å². The number of nitrogens with zero attached hydrogens (tertiary/aromatic N) is 3. The van der Waals surface area contributed by atoms with Crippen LogP contribution in [-0.2, 0) is 16.1 Å². The fraction of sp³-hybridized carbons (Fsp3) is 0.136. The Labute approximate surface area is 181 Å². The van der Waals surface area contributed by atoms with Gasteiger partial charge >= 0.3 is 0 Å². The lowest BCUT2D eigenvalue weighted by molar-refractivity contribution is -0.117. The smallest absolute Gasteiger partial charge is 0.268 e. The van der Waals surface area contributed by atoms with Gasteiger partial charge in [0.05, 0.1) is 17.5 Å². The van der Waals surface area contributed by atoms with Crippen molar-refractivity contribution in [3.05, 3.63) is 70.8 Å². The predicted molar refractivity (Wildman–Crippen MR) is 116 cm³/mol. The van der Waals surface area contributed by atoms with Crippen LogP contribution < -0.4 is 16.2 Å². The predicted octanol–water partition coefficient (Wildman–Crippen LogP) is 3.06. The molecule has 0 bridgehead atoms. The molecule has 0 saturated carbocycles. The van der Waals surface area contributed by atoms with Gasteiger partial charge in [-0.25, -0.2) is 4.68 Å². The summed E-state index contributed by atoms with van der Waals surface area (Å²) < 4.78 is 11.8. The number of amides is 2. The number of anilines is 2. The van der Waals surface area contributed by atoms with Gasteiger partial charge in [-0.1, -0.05) is 5.16 Å². The van der Waals surface area contributed by atoms with Crippen LogP contribution in [0.4, 0.5) is 11.4 Å². The number of benzene rings is 1. The zero-order valence-electron chi connectivity index (χ0n) is 17.3. The maximum absolute atomic E-state index is 12.7. The highest BCUT2D eigenvalue weighted by Crippen LogP contribution is 2.29. The van der Waals surface area contributed by atoms with E-state index in [9.17, 15) is 14.4 Å². The first kappa shape index (κ1) is 20.8. The van der Waals surface area contributed by atoms with E-state index in [1.165, 1.54) is 19.3 Å². The number of rotatable bonds is 6. The fourth-order valence-electron chi connectivity index (χ4n) is 3.05. The molecule has 0 spiro atoms. The lowest BCUT2D eigenvalue weighted by Gasteiger charge is -2.10. The summed E-state index contributed by atoms with van der Waals surface area (Å²) in [4.78, 5) is 36.3. The first-order valence-electron chi connectivity index (χ1n) is 9.66. The Morgan fingerprint density at radius 2 is 1.75 bits per heavy atom. The normalized spacial score (nSPS) is 10.7. The minimum atomic E-state index is -0.486. The van der Waals surface area contributed by atoms with Gasteiger partial charge in [-0.05, 0) is 43.3 Å². The summed E-state index contributed by atoms with van der Waals surface area (Å²) in [5.41, 5.74) is 2.04. The van der Waals surface area contributed by atoms with Crippen molar-refractivity contribution >= 4 is 23.2 Å². The van der Waals surface area contributed by atoms with Crippen molar-refractivity contribution < 1.29 is 18.5 Å². The summed E-state index contributed by atoms with van der Waals surface area (Å²) in [7, 11) is 0. The molecule has 1 aromatic carbocycles. The van der Waals surface area contributed by atoms with Crippen molar-refractivity contribution in [1.82, 2.24) is 14.9 Å². The highest BCUT2D eigenvalue weighted by molar-refractivity contribution is 5.92. The third kappa shape index (κ3) is 4.64. The van der Waals surface area contributed by atoms with Crippen LogP contribution in [0.3, 0.4) is 0 Å². The van der Waals surface area contributed by atoms with Crippen molar-refractivity contribution in [2.75, 3.05) is 10.6 Å². The highest BCUT2D eigenvalue weighted by atomic mass is 16.5. The van der Waals surface area contributed by atoms with E-state index in [0.29, 0.717) is 39.8 Å². The molecule has 3 aromatic heterocycles. The monoisotopic (exact) mass is 433 g/mol. The van der Waals surface area contributed by atoms with Crippen LogP contribution in [-0.4, -0.2) is 26.8 Å². The summed E-state index contributed by atoms with van der Waals surface area (Å²) in [6.07, 6.45) is 1.49. The Balaban J connectivity index is 1.58. The molecule has 0 saturated heterocycles. The van der Waals surface area contributed by atoms with Crippen LogP contribution in [0.15, 0.2) is 68.5 Å². The van der Waals surface area contributed by atoms with Gasteiger partial charge in [-0.2, -0.15) is 5.10 Å². The Morgan fingerprint density at radius 1 is 1.03 bits per heavy atom. The van der Waals surface area contributed by atoms with Gasteiger partial charge in [0, 0.05) is 30.4 Å². The summed E-state index contributed by atoms with van der Waals surface area (Å²) in [6.45, 7) is 2.86. The number of carbonyl (C=O) groups excluding carboxylic acids is 2. The third-order valence-electron chi connectivity index (χ3n) is 4.43. The number of hydrogen-bond donors (Lipinski definition) is 2. The van der Waals surface area contributed by atoms with Crippen LogP contribution in [0.1, 0.15) is 12.6 Å². The minimum Gasteiger partial charge on any atom is -0.463 e. The number of furan rings is 1. The first-order chi connectivity index (χ1) is 15.4. The molecule has 0 unspecified atom stereocenters. The number of aryl methyl sites for hydroxylation is 1. The van der Waals surface area contributed by atoms with Gasteiger partial charge in [0.1, 0.15) is 12.2 Å². The summed E-state index contributed by atoms with van der Waals surface area (Å²) in [5.74, 6) is 0.148. The van der Waals surface area contributed by atoms with Crippen molar-refractivity contribution in [3.63, 3.8) is 0 Å². The lowest BCUT2D eigenvalue weighted by atomic mass is 10.1. The molecule has 4 aromatic rings. The molecule has 0 radical (unpaired) electrons. The minimum absolute atomic E-state index is 0.191. The summed E-state index contributed by atoms with van der Waals surface area (Å²) >= 11 is 0. The van der Waals surface area contributed by atoms with E-state index >= 15 is 0 Å². The summed E-state index contributed by atoms with van der Waals surface area (Å²) in [5, 5.41) is 13.5. The fourth-order valence-corrected chi connectivity index (χ4v) is 3.05. The van der Waals surface area contributed by atoms with Gasteiger partial charge in [0.15, 0.2) is 11.5 Å². The van der Waals surface area contributed by atoms with Gasteiger partial charge in [-0.3, -0.25) is 14.4 Å². The first-order valence-corrected chi connectivity index (χ1v) is 9.66. The second kappa shape index (κ2) is 8.72. The average Bonchev–Trinajstić information content (AvgIpc) is 3.42. The molecule has 10 heteroatoms. The van der Waals surface area contributed by atoms with Crippen LogP contribution >= 0.6 is 0 Å². The van der Waals surface area contributed by atoms with Gasteiger partial charge < -0.3 is 19.6 Å². The molecule has 4 rings (SSSR count). The zero-order chi connectivity index (χ0) is 22.7. The molecular weight excluding hydrogens is 414 g/mol. The van der Waals surface area contributed by atoms with E-state index in [1.807, 2.05) is 0 Å². The Kier molecular flexibility index (Phi) is 5.67. The largest absolute Gasteiger partial charge is 0.463 e. The van der Waals surface area contributed by atoms with E-state index in [1.54, 1.807) is 49.4 Å². The van der Waals surface area contributed by atoms with Crippen LogP contribution in [0.25, 0.3) is 22.8 Å². The number of carbonyl (C=O) groups is 2. The van der Waals surface area contributed by atoms with Gasteiger partial charge in [0.2, 0.25) is 11.8 Å². The summed E-state index contributed by atoms with van der Waals surface area (Å²) in [6, 6.07) is 13.0. The molecule has 2 amide bonds. The Morgan fingerprint density at radius 3 is 2.34 bits per heavy atom. The van der Waals surface area contributed by atoms with E-state index in [2.05, 4.69) is 20.9 Å². The van der Waals surface area contributed by atoms with E-state index < -0.39 is 11.5 Å². The van der Waals surface area contributed by atoms with Crippen molar-refractivity contribution in [3.8, 4) is 22.8 Å². The number of hydrogen-bond acceptors (Lipinski definition) is 7. The molecule has 0 aliphatic carbocycles. The molecule has 2 N–H and O–H groups in total. The second-order valence-electron chi connectivity index (χ2n) is 7.02. The Hall–Kier alpha value is -4.47. The van der Waals surface area contributed by atoms with E-state index in [-0.39, 0.29) is 12.5 Å². The zero-order valence-corrected chi connectivity index (χ0v) is 17.3. The molecule has 3 heterocycles. The molecule has 10 nitrogen and oxygen atoms in total. The second-order valence-corrected chi connectivity index (χ2v) is 7.02. The molecule has 0 aliphatic rings. The molecular formula is C22H19N5O5. The Bertz CT molecular complexity index is 1320. The third-order valence-corrected chi connectivity index (χ3v) is 4.43. The van der Waals surface area contributed by atoms with Crippen LogP contribution in [0.5, 0.6) is 0 Å². The van der Waals surface area contributed by atoms with Crippen LogP contribution in [0, 0.1) is 6.92 Å². The number of nitrogens with one attached hydrogen (secondary N) is 2. The number of aromatic nitrogens is 3. The maximum Gasteiger partial charge on any atom is 0.268 e. The van der Waals surface area contributed by atoms with Crippen molar-refractivity contribution in [2.24, 2.45) is 0 Å². The topological polar surface area (TPSA) is 132 Å². The van der Waals surface area contributed by atoms with E-state index in [4.69, 9.17) is 8.94 Å². The van der Waals surface area contributed by atoms with E-state index in [0.717, 1.165) is 4.68 Å². The quantitative estimate of drug-likeness (QED) is 0.477. The molecule has 0 fully saturated rings. The van der Waals surface area contributed by atoms with Gasteiger partial charge in [0.25, 0.3) is 5.56 Å².